The molecule has 0 amide bonds. The number of thiophene rings is 1. The van der Waals surface area contributed by atoms with E-state index in [1.165, 1.54) is 6.07 Å². The summed E-state index contributed by atoms with van der Waals surface area (Å²) in [6.45, 7) is 4.04. The number of hydrogen-bond acceptors (Lipinski definition) is 2. The molecule has 0 atom stereocenters. The van der Waals surface area contributed by atoms with Crippen molar-refractivity contribution in [2.24, 2.45) is 5.92 Å². The number of carbonyl (C=O) groups is 1. The summed E-state index contributed by atoms with van der Waals surface area (Å²) >= 11 is 1.03. The number of rotatable bonds is 3. The van der Waals surface area contributed by atoms with Crippen LogP contribution in [0.2, 0.25) is 0 Å². The Bertz CT molecular complexity index is 572. The smallest absolute Gasteiger partial charge is 0.346 e. The lowest BCUT2D eigenvalue weighted by molar-refractivity contribution is 0.0701. The number of aromatic carboxylic acids is 1. The zero-order chi connectivity index (χ0) is 12.6. The van der Waals surface area contributed by atoms with Gasteiger partial charge < -0.3 is 5.11 Å². The minimum Gasteiger partial charge on any atom is -0.477 e. The molecule has 0 saturated heterocycles. The van der Waals surface area contributed by atoms with Gasteiger partial charge in [0.15, 0.2) is 0 Å². The summed E-state index contributed by atoms with van der Waals surface area (Å²) in [6.07, 6.45) is 0.658. The molecule has 2 nitrogen and oxygen atoms in total. The molecule has 90 valence electrons. The van der Waals surface area contributed by atoms with Crippen molar-refractivity contribution >= 4 is 27.4 Å². The van der Waals surface area contributed by atoms with Crippen LogP contribution >= 0.6 is 11.3 Å². The normalized spacial score (nSPS) is 11.3. The van der Waals surface area contributed by atoms with Crippen LogP contribution in [-0.4, -0.2) is 11.1 Å². The van der Waals surface area contributed by atoms with Crippen LogP contribution in [0.4, 0.5) is 4.39 Å². The molecule has 0 aliphatic heterocycles. The van der Waals surface area contributed by atoms with Crippen LogP contribution in [0.5, 0.6) is 0 Å². The van der Waals surface area contributed by atoms with E-state index in [2.05, 4.69) is 0 Å². The minimum absolute atomic E-state index is 0.263. The van der Waals surface area contributed by atoms with Crippen LogP contribution in [0.3, 0.4) is 0 Å². The van der Waals surface area contributed by atoms with Crippen molar-refractivity contribution in [2.45, 2.75) is 20.3 Å². The van der Waals surface area contributed by atoms with Crippen molar-refractivity contribution < 1.29 is 14.3 Å². The zero-order valence-electron chi connectivity index (χ0n) is 9.66. The Morgan fingerprint density at radius 1 is 1.47 bits per heavy atom. The van der Waals surface area contributed by atoms with Gasteiger partial charge in [0.2, 0.25) is 0 Å². The first-order valence-corrected chi connectivity index (χ1v) is 6.25. The van der Waals surface area contributed by atoms with Crippen LogP contribution in [0.1, 0.15) is 29.1 Å². The molecule has 1 aromatic heterocycles. The van der Waals surface area contributed by atoms with Gasteiger partial charge >= 0.3 is 5.97 Å². The van der Waals surface area contributed by atoms with E-state index in [-0.39, 0.29) is 10.7 Å². The fourth-order valence-electron chi connectivity index (χ4n) is 1.92. The second-order valence-electron chi connectivity index (χ2n) is 4.43. The quantitative estimate of drug-likeness (QED) is 0.898. The van der Waals surface area contributed by atoms with E-state index >= 15 is 0 Å². The number of benzene rings is 1. The predicted octanol–water partition coefficient (Wildman–Crippen LogP) is 3.94. The maximum absolute atomic E-state index is 13.6. The van der Waals surface area contributed by atoms with Crippen LogP contribution in [0, 0.1) is 11.7 Å². The fourth-order valence-corrected chi connectivity index (χ4v) is 2.99. The van der Waals surface area contributed by atoms with Gasteiger partial charge in [-0.3, -0.25) is 0 Å². The summed E-state index contributed by atoms with van der Waals surface area (Å²) in [5.41, 5.74) is 0.756. The molecule has 1 aromatic carbocycles. The monoisotopic (exact) mass is 252 g/mol. The fraction of sp³-hybridized carbons (Fsp3) is 0.308. The van der Waals surface area contributed by atoms with Gasteiger partial charge in [-0.25, -0.2) is 9.18 Å². The molecule has 1 N–H and O–H groups in total. The summed E-state index contributed by atoms with van der Waals surface area (Å²) in [6, 6.07) is 4.78. The average molecular weight is 252 g/mol. The minimum atomic E-state index is -0.971. The highest BCUT2D eigenvalue weighted by Gasteiger charge is 2.19. The maximum atomic E-state index is 13.6. The molecule has 0 radical (unpaired) electrons. The standard InChI is InChI=1S/C13H13FO2S/c1-7(2)6-9-8-4-3-5-10(14)11(8)17-12(9)13(15)16/h3-5,7H,6H2,1-2H3,(H,15,16). The highest BCUT2D eigenvalue weighted by atomic mass is 32.1. The summed E-state index contributed by atoms with van der Waals surface area (Å²) in [4.78, 5) is 11.4. The third-order valence-electron chi connectivity index (χ3n) is 2.58. The van der Waals surface area contributed by atoms with Crippen molar-refractivity contribution in [3.8, 4) is 0 Å². The first-order valence-electron chi connectivity index (χ1n) is 5.44. The van der Waals surface area contributed by atoms with Crippen molar-refractivity contribution in [3.05, 3.63) is 34.5 Å². The van der Waals surface area contributed by atoms with Gasteiger partial charge in [0.25, 0.3) is 0 Å². The van der Waals surface area contributed by atoms with Crippen LogP contribution in [0.25, 0.3) is 10.1 Å². The van der Waals surface area contributed by atoms with Crippen molar-refractivity contribution in [1.29, 1.82) is 0 Å². The highest BCUT2D eigenvalue weighted by Crippen LogP contribution is 2.34. The number of fused-ring (bicyclic) bond motifs is 1. The first-order chi connectivity index (χ1) is 8.00. The number of carboxylic acid groups (broad SMARTS) is 1. The van der Waals surface area contributed by atoms with E-state index in [0.717, 1.165) is 22.3 Å². The Kier molecular flexibility index (Phi) is 3.15. The molecule has 17 heavy (non-hydrogen) atoms. The van der Waals surface area contributed by atoms with Crippen molar-refractivity contribution in [2.75, 3.05) is 0 Å². The lowest BCUT2D eigenvalue weighted by Crippen LogP contribution is -2.01. The summed E-state index contributed by atoms with van der Waals surface area (Å²) in [5, 5.41) is 9.90. The zero-order valence-corrected chi connectivity index (χ0v) is 10.5. The van der Waals surface area contributed by atoms with Gasteiger partial charge in [0, 0.05) is 0 Å². The molecule has 0 fully saturated rings. The molecule has 0 aliphatic carbocycles. The van der Waals surface area contributed by atoms with Gasteiger partial charge in [-0.1, -0.05) is 26.0 Å². The predicted molar refractivity (Wildman–Crippen MR) is 67.3 cm³/mol. The van der Waals surface area contributed by atoms with E-state index in [4.69, 9.17) is 5.11 Å². The first kappa shape index (κ1) is 12.0. The SMILES string of the molecule is CC(C)Cc1c(C(=O)O)sc2c(F)cccc12. The molecule has 0 unspecified atom stereocenters. The topological polar surface area (TPSA) is 37.3 Å². The van der Waals surface area contributed by atoms with E-state index < -0.39 is 5.97 Å². The Labute approximate surface area is 103 Å². The molecule has 0 aliphatic rings. The van der Waals surface area contributed by atoms with Gasteiger partial charge in [-0.2, -0.15) is 0 Å². The second kappa shape index (κ2) is 4.45. The lowest BCUT2D eigenvalue weighted by atomic mass is 10.00. The van der Waals surface area contributed by atoms with Gasteiger partial charge in [-0.15, -0.1) is 11.3 Å². The van der Waals surface area contributed by atoms with Gasteiger partial charge in [-0.05, 0) is 29.4 Å². The molecule has 1 heterocycles. The number of hydrogen-bond donors (Lipinski definition) is 1. The van der Waals surface area contributed by atoms with Gasteiger partial charge in [0.05, 0.1) is 4.70 Å². The highest BCUT2D eigenvalue weighted by molar-refractivity contribution is 7.21. The Hall–Kier alpha value is -1.42. The van der Waals surface area contributed by atoms with E-state index in [0.29, 0.717) is 17.0 Å². The molecular formula is C13H13FO2S. The summed E-state index contributed by atoms with van der Waals surface area (Å²) in [7, 11) is 0. The molecule has 2 rings (SSSR count). The number of carboxylic acids is 1. The molecular weight excluding hydrogens is 239 g/mol. The van der Waals surface area contributed by atoms with Crippen LogP contribution in [-0.2, 0) is 6.42 Å². The van der Waals surface area contributed by atoms with Gasteiger partial charge in [0.1, 0.15) is 10.7 Å². The molecule has 2 aromatic rings. The molecule has 0 bridgehead atoms. The Morgan fingerprint density at radius 3 is 2.76 bits per heavy atom. The van der Waals surface area contributed by atoms with E-state index in [9.17, 15) is 9.18 Å². The second-order valence-corrected chi connectivity index (χ2v) is 5.45. The molecule has 4 heteroatoms. The van der Waals surface area contributed by atoms with Crippen molar-refractivity contribution in [3.63, 3.8) is 0 Å². The number of halogens is 1. The Balaban J connectivity index is 2.71. The maximum Gasteiger partial charge on any atom is 0.346 e. The van der Waals surface area contributed by atoms with Crippen LogP contribution in [0.15, 0.2) is 18.2 Å². The third kappa shape index (κ3) is 2.17. The summed E-state index contributed by atoms with van der Waals surface area (Å²) < 4.78 is 14.0. The van der Waals surface area contributed by atoms with Crippen LogP contribution < -0.4 is 0 Å². The third-order valence-corrected chi connectivity index (χ3v) is 3.82. The summed E-state index contributed by atoms with van der Waals surface area (Å²) in [5.74, 6) is -0.972. The molecule has 0 saturated carbocycles. The average Bonchev–Trinajstić information content (AvgIpc) is 2.58. The van der Waals surface area contributed by atoms with E-state index in [1.54, 1.807) is 12.1 Å². The van der Waals surface area contributed by atoms with E-state index in [1.807, 2.05) is 13.8 Å². The largest absolute Gasteiger partial charge is 0.477 e. The lowest BCUT2D eigenvalue weighted by Gasteiger charge is -2.05. The van der Waals surface area contributed by atoms with Crippen molar-refractivity contribution in [1.82, 2.24) is 0 Å². The Morgan fingerprint density at radius 2 is 2.18 bits per heavy atom. The molecule has 0 spiro atoms.